The zero-order valence-corrected chi connectivity index (χ0v) is 5.24. The Morgan fingerprint density at radius 3 is 2.78 bits per heavy atom. The minimum atomic E-state index is -0.880. The number of carbonyl (C=O) groups is 1. The highest BCUT2D eigenvalue weighted by atomic mass is 16.4. The summed E-state index contributed by atoms with van der Waals surface area (Å²) in [4.78, 5) is 11.9. The normalized spacial score (nSPS) is 25.0. The maximum Gasteiger partial charge on any atom is 0.329 e. The van der Waals surface area contributed by atoms with E-state index in [1.807, 2.05) is 11.8 Å². The molecule has 1 fully saturated rings. The summed E-state index contributed by atoms with van der Waals surface area (Å²) in [6.45, 7) is 3.04. The third kappa shape index (κ3) is 1.76. The van der Waals surface area contributed by atoms with E-state index in [9.17, 15) is 4.79 Å². The molecule has 3 nitrogen and oxygen atoms in total. The van der Waals surface area contributed by atoms with E-state index < -0.39 is 5.97 Å². The Kier molecular flexibility index (Phi) is 1.42. The predicted molar refractivity (Wildman–Crippen MR) is 32.9 cm³/mol. The van der Waals surface area contributed by atoms with Crippen LogP contribution < -0.4 is 0 Å². The van der Waals surface area contributed by atoms with Crippen molar-refractivity contribution in [2.24, 2.45) is 0 Å². The predicted octanol–water partition coefficient (Wildman–Crippen LogP) is 0.289. The van der Waals surface area contributed by atoms with Crippen LogP contribution in [0.2, 0.25) is 0 Å². The van der Waals surface area contributed by atoms with Gasteiger partial charge >= 0.3 is 5.97 Å². The summed E-state index contributed by atoms with van der Waals surface area (Å²) in [5.74, 6) is -0.880. The molecule has 1 unspecified atom stereocenters. The summed E-state index contributed by atoms with van der Waals surface area (Å²) in [5.41, 5.74) is 0. The molecule has 1 aliphatic rings. The number of carboxylic acids is 1. The van der Waals surface area contributed by atoms with E-state index >= 15 is 0 Å². The molecule has 1 saturated heterocycles. The van der Waals surface area contributed by atoms with Crippen LogP contribution in [0.1, 0.15) is 6.92 Å². The van der Waals surface area contributed by atoms with Gasteiger partial charge in [0.05, 0.1) is 0 Å². The molecule has 0 aliphatic carbocycles. The van der Waals surface area contributed by atoms with Crippen molar-refractivity contribution in [2.45, 2.75) is 13.0 Å². The topological polar surface area (TPSA) is 40.3 Å². The molecule has 3 heteroatoms. The van der Waals surface area contributed by atoms with Crippen molar-refractivity contribution in [2.75, 3.05) is 6.54 Å². The van der Waals surface area contributed by atoms with Gasteiger partial charge in [-0.15, -0.1) is 0 Å². The SMILES string of the molecule is CC1CN1C=CC(=O)O. The van der Waals surface area contributed by atoms with Gasteiger partial charge in [-0.25, -0.2) is 4.79 Å². The van der Waals surface area contributed by atoms with Gasteiger partial charge in [-0.3, -0.25) is 0 Å². The average molecular weight is 127 g/mol. The Hall–Kier alpha value is -0.990. The molecule has 0 saturated carbocycles. The van der Waals surface area contributed by atoms with E-state index in [2.05, 4.69) is 0 Å². The molecular weight excluding hydrogens is 118 g/mol. The smallest absolute Gasteiger partial charge is 0.329 e. The third-order valence-electron chi connectivity index (χ3n) is 1.32. The largest absolute Gasteiger partial charge is 0.478 e. The first-order chi connectivity index (χ1) is 4.20. The molecule has 50 valence electrons. The Labute approximate surface area is 53.6 Å². The van der Waals surface area contributed by atoms with Gasteiger partial charge in [-0.05, 0) is 6.92 Å². The van der Waals surface area contributed by atoms with Gasteiger partial charge in [0.1, 0.15) is 0 Å². The van der Waals surface area contributed by atoms with E-state index in [0.29, 0.717) is 6.04 Å². The third-order valence-corrected chi connectivity index (χ3v) is 1.32. The summed E-state index contributed by atoms with van der Waals surface area (Å²) in [7, 11) is 0. The number of carboxylic acid groups (broad SMARTS) is 1. The van der Waals surface area contributed by atoms with Gasteiger partial charge in [0, 0.05) is 24.9 Å². The lowest BCUT2D eigenvalue weighted by atomic mass is 10.6. The van der Waals surface area contributed by atoms with Crippen LogP contribution in [-0.2, 0) is 4.79 Å². The molecule has 0 bridgehead atoms. The molecule has 0 aromatic carbocycles. The highest BCUT2D eigenvalue weighted by Crippen LogP contribution is 2.15. The Balaban J connectivity index is 2.25. The zero-order valence-electron chi connectivity index (χ0n) is 5.24. The number of hydrogen-bond acceptors (Lipinski definition) is 2. The van der Waals surface area contributed by atoms with Gasteiger partial charge in [0.2, 0.25) is 0 Å². The van der Waals surface area contributed by atoms with Crippen LogP contribution in [0.4, 0.5) is 0 Å². The van der Waals surface area contributed by atoms with Crippen molar-refractivity contribution < 1.29 is 9.90 Å². The standard InChI is InChI=1S/C6H9NO2/c1-5-4-7(5)3-2-6(8)9/h2-3,5H,4H2,1H3,(H,8,9). The fourth-order valence-corrected chi connectivity index (χ4v) is 0.625. The van der Waals surface area contributed by atoms with E-state index in [-0.39, 0.29) is 0 Å². The second-order valence-electron chi connectivity index (χ2n) is 2.20. The first kappa shape index (κ1) is 6.13. The Bertz CT molecular complexity index is 153. The minimum absolute atomic E-state index is 0.542. The molecule has 1 atom stereocenters. The van der Waals surface area contributed by atoms with Gasteiger partial charge in [-0.1, -0.05) is 0 Å². The van der Waals surface area contributed by atoms with Crippen molar-refractivity contribution in [1.82, 2.24) is 4.90 Å². The highest BCUT2D eigenvalue weighted by molar-refractivity contribution is 5.79. The molecule has 1 aliphatic heterocycles. The molecule has 0 amide bonds. The number of hydrogen-bond donors (Lipinski definition) is 1. The van der Waals surface area contributed by atoms with Crippen molar-refractivity contribution in [3.05, 3.63) is 12.3 Å². The van der Waals surface area contributed by atoms with Crippen molar-refractivity contribution in [1.29, 1.82) is 0 Å². The fraction of sp³-hybridized carbons (Fsp3) is 0.500. The molecule has 0 aromatic heterocycles. The van der Waals surface area contributed by atoms with Crippen LogP contribution in [0.15, 0.2) is 12.3 Å². The Morgan fingerprint density at radius 2 is 2.44 bits per heavy atom. The maximum atomic E-state index is 9.92. The van der Waals surface area contributed by atoms with Gasteiger partial charge in [0.15, 0.2) is 0 Å². The monoisotopic (exact) mass is 127 g/mol. The molecule has 0 radical (unpaired) electrons. The highest BCUT2D eigenvalue weighted by Gasteiger charge is 2.24. The molecule has 1 N–H and O–H groups in total. The molecule has 1 heterocycles. The summed E-state index contributed by atoms with van der Waals surface area (Å²) >= 11 is 0. The van der Waals surface area contributed by atoms with Crippen LogP contribution in [0.3, 0.4) is 0 Å². The van der Waals surface area contributed by atoms with Crippen LogP contribution >= 0.6 is 0 Å². The summed E-state index contributed by atoms with van der Waals surface area (Å²) < 4.78 is 0. The number of rotatable bonds is 2. The van der Waals surface area contributed by atoms with Crippen LogP contribution in [0, 0.1) is 0 Å². The number of nitrogens with zero attached hydrogens (tertiary/aromatic N) is 1. The second-order valence-corrected chi connectivity index (χ2v) is 2.20. The van der Waals surface area contributed by atoms with Crippen LogP contribution in [0.25, 0.3) is 0 Å². The summed E-state index contributed by atoms with van der Waals surface area (Å²) in [6, 6.07) is 0.542. The van der Waals surface area contributed by atoms with Crippen LogP contribution in [-0.4, -0.2) is 28.6 Å². The lowest BCUT2D eigenvalue weighted by molar-refractivity contribution is -0.131. The average Bonchev–Trinajstić information content (AvgIpc) is 2.42. The van der Waals surface area contributed by atoms with Gasteiger partial charge in [-0.2, -0.15) is 0 Å². The van der Waals surface area contributed by atoms with Crippen molar-refractivity contribution in [3.63, 3.8) is 0 Å². The second kappa shape index (κ2) is 2.09. The molecule has 9 heavy (non-hydrogen) atoms. The van der Waals surface area contributed by atoms with Crippen LogP contribution in [0.5, 0.6) is 0 Å². The number of aliphatic carboxylic acids is 1. The van der Waals surface area contributed by atoms with Gasteiger partial charge < -0.3 is 10.0 Å². The van der Waals surface area contributed by atoms with Gasteiger partial charge in [0.25, 0.3) is 0 Å². The molecule has 0 spiro atoms. The summed E-state index contributed by atoms with van der Waals surface area (Å²) in [6.07, 6.45) is 2.76. The quantitative estimate of drug-likeness (QED) is 0.428. The molecule has 1 rings (SSSR count). The lowest BCUT2D eigenvalue weighted by Crippen LogP contribution is -1.91. The maximum absolute atomic E-state index is 9.92. The van der Waals surface area contributed by atoms with E-state index in [4.69, 9.17) is 5.11 Å². The summed E-state index contributed by atoms with van der Waals surface area (Å²) in [5, 5.41) is 8.16. The van der Waals surface area contributed by atoms with Crippen molar-refractivity contribution in [3.8, 4) is 0 Å². The van der Waals surface area contributed by atoms with E-state index in [1.165, 1.54) is 0 Å². The van der Waals surface area contributed by atoms with Crippen molar-refractivity contribution >= 4 is 5.97 Å². The molecular formula is C6H9NO2. The molecule has 0 aromatic rings. The van der Waals surface area contributed by atoms with E-state index in [1.54, 1.807) is 6.20 Å². The van der Waals surface area contributed by atoms with E-state index in [0.717, 1.165) is 12.6 Å². The zero-order chi connectivity index (χ0) is 6.85. The first-order valence-electron chi connectivity index (χ1n) is 2.87. The minimum Gasteiger partial charge on any atom is -0.478 e. The Morgan fingerprint density at radius 1 is 1.89 bits per heavy atom. The fourth-order valence-electron chi connectivity index (χ4n) is 0.625. The first-order valence-corrected chi connectivity index (χ1v) is 2.87. The lowest BCUT2D eigenvalue weighted by Gasteiger charge is -1.87.